The molecule has 1 saturated heterocycles. The quantitative estimate of drug-likeness (QED) is 0.894. The molecule has 19 heavy (non-hydrogen) atoms. The van der Waals surface area contributed by atoms with Gasteiger partial charge in [0.1, 0.15) is 5.82 Å². The SMILES string of the molecule is CC(C)C1(C(=O)Nc2cc(Br)ccc2F)CCNC1. The Hall–Kier alpha value is -0.940. The van der Waals surface area contributed by atoms with E-state index < -0.39 is 11.2 Å². The lowest BCUT2D eigenvalue weighted by Crippen LogP contribution is -2.42. The molecule has 1 fully saturated rings. The van der Waals surface area contributed by atoms with Crippen LogP contribution in [0.25, 0.3) is 0 Å². The molecule has 1 unspecified atom stereocenters. The van der Waals surface area contributed by atoms with Crippen molar-refractivity contribution in [3.63, 3.8) is 0 Å². The van der Waals surface area contributed by atoms with Crippen LogP contribution >= 0.6 is 15.9 Å². The molecule has 0 saturated carbocycles. The topological polar surface area (TPSA) is 41.1 Å². The molecule has 0 bridgehead atoms. The van der Waals surface area contributed by atoms with Crippen LogP contribution in [0.15, 0.2) is 22.7 Å². The van der Waals surface area contributed by atoms with Crippen molar-refractivity contribution in [3.8, 4) is 0 Å². The van der Waals surface area contributed by atoms with E-state index in [0.29, 0.717) is 6.54 Å². The number of halogens is 2. The minimum Gasteiger partial charge on any atom is -0.323 e. The second kappa shape index (κ2) is 5.59. The Morgan fingerprint density at radius 3 is 2.84 bits per heavy atom. The smallest absolute Gasteiger partial charge is 0.232 e. The first kappa shape index (κ1) is 14.5. The van der Waals surface area contributed by atoms with Gasteiger partial charge in [0, 0.05) is 11.0 Å². The van der Waals surface area contributed by atoms with Crippen molar-refractivity contribution in [3.05, 3.63) is 28.5 Å². The van der Waals surface area contributed by atoms with Crippen LogP contribution in [-0.2, 0) is 4.79 Å². The average molecular weight is 329 g/mol. The van der Waals surface area contributed by atoms with Crippen LogP contribution < -0.4 is 10.6 Å². The molecule has 0 spiro atoms. The molecule has 1 heterocycles. The number of amides is 1. The fraction of sp³-hybridized carbons (Fsp3) is 0.500. The highest BCUT2D eigenvalue weighted by atomic mass is 79.9. The lowest BCUT2D eigenvalue weighted by molar-refractivity contribution is -0.126. The van der Waals surface area contributed by atoms with Gasteiger partial charge in [-0.15, -0.1) is 0 Å². The van der Waals surface area contributed by atoms with Crippen LogP contribution in [0.4, 0.5) is 10.1 Å². The summed E-state index contributed by atoms with van der Waals surface area (Å²) >= 11 is 3.28. The van der Waals surface area contributed by atoms with Crippen LogP contribution in [0, 0.1) is 17.2 Å². The monoisotopic (exact) mass is 328 g/mol. The second-order valence-electron chi connectivity index (χ2n) is 5.32. The number of benzene rings is 1. The summed E-state index contributed by atoms with van der Waals surface area (Å²) in [5.74, 6) is -0.316. The van der Waals surface area contributed by atoms with Gasteiger partial charge in [-0.25, -0.2) is 4.39 Å². The first-order valence-electron chi connectivity index (χ1n) is 6.43. The molecule has 1 aromatic carbocycles. The van der Waals surface area contributed by atoms with Gasteiger partial charge in [0.05, 0.1) is 11.1 Å². The first-order valence-corrected chi connectivity index (χ1v) is 7.22. The minimum atomic E-state index is -0.450. The molecule has 0 radical (unpaired) electrons. The van der Waals surface area contributed by atoms with E-state index in [1.807, 2.05) is 13.8 Å². The van der Waals surface area contributed by atoms with Crippen molar-refractivity contribution in [1.29, 1.82) is 0 Å². The van der Waals surface area contributed by atoms with E-state index >= 15 is 0 Å². The molecular formula is C14H18BrFN2O. The number of nitrogens with one attached hydrogen (secondary N) is 2. The Bertz CT molecular complexity index is 484. The van der Waals surface area contributed by atoms with Crippen LogP contribution in [0.1, 0.15) is 20.3 Å². The Morgan fingerprint density at radius 2 is 2.26 bits per heavy atom. The van der Waals surface area contributed by atoms with Crippen molar-refractivity contribution >= 4 is 27.5 Å². The van der Waals surface area contributed by atoms with E-state index in [0.717, 1.165) is 17.4 Å². The number of rotatable bonds is 3. The number of hydrogen-bond donors (Lipinski definition) is 2. The number of hydrogen-bond acceptors (Lipinski definition) is 2. The highest BCUT2D eigenvalue weighted by molar-refractivity contribution is 9.10. The lowest BCUT2D eigenvalue weighted by Gasteiger charge is -2.31. The molecule has 1 aromatic rings. The van der Waals surface area contributed by atoms with Crippen LogP contribution in [0.2, 0.25) is 0 Å². The zero-order chi connectivity index (χ0) is 14.0. The van der Waals surface area contributed by atoms with Gasteiger partial charge in [-0.1, -0.05) is 29.8 Å². The molecule has 104 valence electrons. The maximum Gasteiger partial charge on any atom is 0.232 e. The molecule has 1 aliphatic heterocycles. The molecule has 5 heteroatoms. The maximum absolute atomic E-state index is 13.7. The van der Waals surface area contributed by atoms with Gasteiger partial charge in [-0.05, 0) is 37.1 Å². The van der Waals surface area contributed by atoms with Gasteiger partial charge < -0.3 is 10.6 Å². The Morgan fingerprint density at radius 1 is 1.53 bits per heavy atom. The molecular weight excluding hydrogens is 311 g/mol. The fourth-order valence-corrected chi connectivity index (χ4v) is 2.86. The molecule has 1 atom stereocenters. The predicted octanol–water partition coefficient (Wildman–Crippen LogP) is 3.16. The summed E-state index contributed by atoms with van der Waals surface area (Å²) in [7, 11) is 0. The molecule has 0 aromatic heterocycles. The first-order chi connectivity index (χ1) is 8.95. The van der Waals surface area contributed by atoms with E-state index in [1.165, 1.54) is 6.07 Å². The molecule has 1 amide bonds. The third kappa shape index (κ3) is 2.82. The third-order valence-electron chi connectivity index (χ3n) is 3.92. The summed E-state index contributed by atoms with van der Waals surface area (Å²) in [4.78, 5) is 12.5. The summed E-state index contributed by atoms with van der Waals surface area (Å²) in [5.41, 5.74) is -0.222. The second-order valence-corrected chi connectivity index (χ2v) is 6.23. The minimum absolute atomic E-state index is 0.107. The number of carbonyl (C=O) groups is 1. The van der Waals surface area contributed by atoms with Gasteiger partial charge >= 0.3 is 0 Å². The highest BCUT2D eigenvalue weighted by Gasteiger charge is 2.44. The average Bonchev–Trinajstić information content (AvgIpc) is 2.84. The van der Waals surface area contributed by atoms with E-state index in [-0.39, 0.29) is 17.5 Å². The molecule has 0 aliphatic carbocycles. The predicted molar refractivity (Wildman–Crippen MR) is 77.5 cm³/mol. The van der Waals surface area contributed by atoms with Crippen molar-refractivity contribution < 1.29 is 9.18 Å². The summed E-state index contributed by atoms with van der Waals surface area (Å²) in [5, 5.41) is 5.95. The van der Waals surface area contributed by atoms with Crippen LogP contribution in [0.5, 0.6) is 0 Å². The van der Waals surface area contributed by atoms with Gasteiger partial charge in [0.15, 0.2) is 0 Å². The standard InChI is InChI=1S/C14H18BrFN2O/c1-9(2)14(5-6-17-8-14)13(19)18-12-7-10(15)3-4-11(12)16/h3-4,7,9,17H,5-6,8H2,1-2H3,(H,18,19). The molecule has 2 rings (SSSR count). The van der Waals surface area contributed by atoms with E-state index in [2.05, 4.69) is 26.6 Å². The van der Waals surface area contributed by atoms with Crippen molar-refractivity contribution in [2.24, 2.45) is 11.3 Å². The summed E-state index contributed by atoms with van der Waals surface area (Å²) < 4.78 is 14.4. The van der Waals surface area contributed by atoms with Crippen LogP contribution in [-0.4, -0.2) is 19.0 Å². The van der Waals surface area contributed by atoms with Gasteiger partial charge in [0.25, 0.3) is 0 Å². The molecule has 3 nitrogen and oxygen atoms in total. The summed E-state index contributed by atoms with van der Waals surface area (Å²) in [6.07, 6.45) is 0.784. The van der Waals surface area contributed by atoms with Crippen LogP contribution in [0.3, 0.4) is 0 Å². The van der Waals surface area contributed by atoms with Gasteiger partial charge in [-0.2, -0.15) is 0 Å². The van der Waals surface area contributed by atoms with E-state index in [4.69, 9.17) is 0 Å². The van der Waals surface area contributed by atoms with E-state index in [1.54, 1.807) is 12.1 Å². The Balaban J connectivity index is 2.22. The number of anilines is 1. The molecule has 1 aliphatic rings. The summed E-state index contributed by atoms with van der Waals surface area (Å²) in [6.45, 7) is 5.53. The van der Waals surface area contributed by atoms with Crippen molar-refractivity contribution in [1.82, 2.24) is 5.32 Å². The third-order valence-corrected chi connectivity index (χ3v) is 4.42. The highest BCUT2D eigenvalue weighted by Crippen LogP contribution is 2.35. The fourth-order valence-electron chi connectivity index (χ4n) is 2.50. The lowest BCUT2D eigenvalue weighted by atomic mass is 9.75. The van der Waals surface area contributed by atoms with Gasteiger partial charge in [-0.3, -0.25) is 4.79 Å². The van der Waals surface area contributed by atoms with Crippen molar-refractivity contribution in [2.45, 2.75) is 20.3 Å². The molecule has 2 N–H and O–H groups in total. The summed E-state index contributed by atoms with van der Waals surface area (Å²) in [6, 6.07) is 4.54. The largest absolute Gasteiger partial charge is 0.323 e. The Kier molecular flexibility index (Phi) is 4.26. The Labute approximate surface area is 121 Å². The number of carbonyl (C=O) groups excluding carboxylic acids is 1. The van der Waals surface area contributed by atoms with E-state index in [9.17, 15) is 9.18 Å². The van der Waals surface area contributed by atoms with Gasteiger partial charge in [0.2, 0.25) is 5.91 Å². The zero-order valence-electron chi connectivity index (χ0n) is 11.1. The van der Waals surface area contributed by atoms with Crippen molar-refractivity contribution in [2.75, 3.05) is 18.4 Å². The normalized spacial score (nSPS) is 22.8. The maximum atomic E-state index is 13.7. The zero-order valence-corrected chi connectivity index (χ0v) is 12.7.